The predicted molar refractivity (Wildman–Crippen MR) is 97.0 cm³/mol. The fourth-order valence-corrected chi connectivity index (χ4v) is 3.25. The summed E-state index contributed by atoms with van der Waals surface area (Å²) in [5.41, 5.74) is 2.52. The molecule has 5 heteroatoms. The summed E-state index contributed by atoms with van der Waals surface area (Å²) in [5.74, 6) is 0.739. The first-order valence-electron chi connectivity index (χ1n) is 8.52. The van der Waals surface area contributed by atoms with Crippen LogP contribution in [0.4, 0.5) is 0 Å². The van der Waals surface area contributed by atoms with Gasteiger partial charge in [0.05, 0.1) is 0 Å². The smallest absolute Gasteiger partial charge is 0.336 e. The third-order valence-corrected chi connectivity index (χ3v) is 4.71. The summed E-state index contributed by atoms with van der Waals surface area (Å²) in [6.45, 7) is 10.6. The fourth-order valence-electron chi connectivity index (χ4n) is 3.25. The lowest BCUT2D eigenvalue weighted by Gasteiger charge is -2.32. The zero-order valence-electron chi connectivity index (χ0n) is 14.9. The molecule has 0 bridgehead atoms. The Morgan fingerprint density at radius 3 is 2.60 bits per heavy atom. The van der Waals surface area contributed by atoms with Crippen molar-refractivity contribution in [1.82, 2.24) is 4.90 Å². The summed E-state index contributed by atoms with van der Waals surface area (Å²) in [6.07, 6.45) is 1.59. The fraction of sp³-hybridized carbons (Fsp3) is 0.400. The van der Waals surface area contributed by atoms with Gasteiger partial charge in [-0.1, -0.05) is 6.58 Å². The zero-order valence-corrected chi connectivity index (χ0v) is 14.9. The first-order chi connectivity index (χ1) is 11.9. The van der Waals surface area contributed by atoms with Crippen LogP contribution in [0.25, 0.3) is 11.0 Å². The SMILES string of the molecule is C=C(C)C(=O)N1CCC(Oc2ccc3c(C)cc(=O)oc3c2C)CC1. The lowest BCUT2D eigenvalue weighted by atomic mass is 10.1. The van der Waals surface area contributed by atoms with Crippen molar-refractivity contribution < 1.29 is 13.9 Å². The first-order valence-corrected chi connectivity index (χ1v) is 8.52. The van der Waals surface area contributed by atoms with Crippen LogP contribution in [0.5, 0.6) is 5.75 Å². The number of benzene rings is 1. The van der Waals surface area contributed by atoms with Gasteiger partial charge in [0.2, 0.25) is 5.91 Å². The van der Waals surface area contributed by atoms with E-state index in [-0.39, 0.29) is 17.6 Å². The molecule has 132 valence electrons. The average molecular weight is 341 g/mol. The lowest BCUT2D eigenvalue weighted by Crippen LogP contribution is -2.42. The molecule has 0 atom stereocenters. The van der Waals surface area contributed by atoms with E-state index in [1.54, 1.807) is 6.92 Å². The van der Waals surface area contributed by atoms with Crippen LogP contribution in [0.3, 0.4) is 0 Å². The molecule has 0 unspecified atom stereocenters. The number of piperidine rings is 1. The number of fused-ring (bicyclic) bond motifs is 1. The van der Waals surface area contributed by atoms with Gasteiger partial charge in [-0.25, -0.2) is 4.79 Å². The third-order valence-electron chi connectivity index (χ3n) is 4.71. The Kier molecular flexibility index (Phi) is 4.66. The third kappa shape index (κ3) is 3.45. The van der Waals surface area contributed by atoms with E-state index in [4.69, 9.17) is 9.15 Å². The number of ether oxygens (including phenoxy) is 1. The number of rotatable bonds is 3. The van der Waals surface area contributed by atoms with Crippen LogP contribution in [-0.4, -0.2) is 30.0 Å². The molecule has 0 aliphatic carbocycles. The Labute approximate surface area is 146 Å². The number of likely N-dealkylation sites (tertiary alicyclic amines) is 1. The summed E-state index contributed by atoms with van der Waals surface area (Å²) >= 11 is 0. The average Bonchev–Trinajstić information content (AvgIpc) is 2.57. The minimum Gasteiger partial charge on any atom is -0.490 e. The Hall–Kier alpha value is -2.56. The molecule has 0 spiro atoms. The van der Waals surface area contributed by atoms with Crippen LogP contribution in [0.1, 0.15) is 30.9 Å². The van der Waals surface area contributed by atoms with Crippen molar-refractivity contribution in [3.05, 3.63) is 51.9 Å². The lowest BCUT2D eigenvalue weighted by molar-refractivity contribution is -0.128. The highest BCUT2D eigenvalue weighted by molar-refractivity contribution is 5.92. The number of aryl methyl sites for hydroxylation is 2. The molecule has 1 aliphatic rings. The summed E-state index contributed by atoms with van der Waals surface area (Å²) in [5, 5.41) is 0.923. The van der Waals surface area contributed by atoms with Crippen molar-refractivity contribution in [2.75, 3.05) is 13.1 Å². The molecule has 0 radical (unpaired) electrons. The van der Waals surface area contributed by atoms with Crippen molar-refractivity contribution in [3.8, 4) is 5.75 Å². The van der Waals surface area contributed by atoms with Gasteiger partial charge < -0.3 is 14.1 Å². The highest BCUT2D eigenvalue weighted by Gasteiger charge is 2.24. The van der Waals surface area contributed by atoms with E-state index >= 15 is 0 Å². The quantitative estimate of drug-likeness (QED) is 0.634. The standard InChI is InChI=1S/C20H23NO4/c1-12(2)20(23)21-9-7-15(8-10-21)24-17-6-5-16-13(3)11-18(22)25-19(16)14(17)4/h5-6,11,15H,1,7-10H2,2-4H3. The molecule has 1 fully saturated rings. The van der Waals surface area contributed by atoms with Crippen molar-refractivity contribution >= 4 is 16.9 Å². The van der Waals surface area contributed by atoms with Crippen molar-refractivity contribution in [2.24, 2.45) is 0 Å². The molecule has 1 aliphatic heterocycles. The molecule has 0 N–H and O–H groups in total. The van der Waals surface area contributed by atoms with Crippen molar-refractivity contribution in [2.45, 2.75) is 39.7 Å². The van der Waals surface area contributed by atoms with Crippen LogP contribution in [0, 0.1) is 13.8 Å². The van der Waals surface area contributed by atoms with Crippen molar-refractivity contribution in [1.29, 1.82) is 0 Å². The monoisotopic (exact) mass is 341 g/mol. The Bertz CT molecular complexity index is 888. The number of hydrogen-bond donors (Lipinski definition) is 0. The molecule has 5 nitrogen and oxygen atoms in total. The molecular weight excluding hydrogens is 318 g/mol. The van der Waals surface area contributed by atoms with Gasteiger partial charge in [0.25, 0.3) is 0 Å². The van der Waals surface area contributed by atoms with Gasteiger partial charge in [-0.05, 0) is 38.5 Å². The molecule has 25 heavy (non-hydrogen) atoms. The van der Waals surface area contributed by atoms with Gasteiger partial charge in [0.1, 0.15) is 17.4 Å². The Morgan fingerprint density at radius 1 is 1.28 bits per heavy atom. The van der Waals surface area contributed by atoms with Gasteiger partial charge in [0, 0.05) is 48.5 Å². The van der Waals surface area contributed by atoms with E-state index in [0.717, 1.165) is 35.1 Å². The highest BCUT2D eigenvalue weighted by Crippen LogP contribution is 2.30. The number of nitrogens with zero attached hydrogens (tertiary/aromatic N) is 1. The van der Waals surface area contributed by atoms with E-state index in [1.165, 1.54) is 6.07 Å². The molecule has 1 aromatic heterocycles. The van der Waals surface area contributed by atoms with Gasteiger partial charge in [0.15, 0.2) is 0 Å². The second kappa shape index (κ2) is 6.75. The van der Waals surface area contributed by atoms with E-state index in [2.05, 4.69) is 6.58 Å². The largest absolute Gasteiger partial charge is 0.490 e. The molecule has 2 heterocycles. The molecule has 3 rings (SSSR count). The highest BCUT2D eigenvalue weighted by atomic mass is 16.5. The van der Waals surface area contributed by atoms with Crippen LogP contribution in [0.2, 0.25) is 0 Å². The first kappa shape index (κ1) is 17.3. The minimum atomic E-state index is -0.350. The van der Waals surface area contributed by atoms with Gasteiger partial charge in [-0.3, -0.25) is 4.79 Å². The van der Waals surface area contributed by atoms with E-state index in [1.807, 2.05) is 30.9 Å². The molecule has 0 saturated carbocycles. The van der Waals surface area contributed by atoms with Crippen LogP contribution < -0.4 is 10.4 Å². The predicted octanol–water partition coefficient (Wildman–Crippen LogP) is 3.36. The van der Waals surface area contributed by atoms with E-state index in [9.17, 15) is 9.59 Å². The second-order valence-corrected chi connectivity index (χ2v) is 6.70. The van der Waals surface area contributed by atoms with Gasteiger partial charge in [-0.15, -0.1) is 0 Å². The molecule has 1 amide bonds. The maximum atomic E-state index is 12.0. The number of carbonyl (C=O) groups excluding carboxylic acids is 1. The number of carbonyl (C=O) groups is 1. The molecule has 2 aromatic rings. The minimum absolute atomic E-state index is 0.0117. The maximum Gasteiger partial charge on any atom is 0.336 e. The number of amides is 1. The van der Waals surface area contributed by atoms with E-state index in [0.29, 0.717) is 24.2 Å². The summed E-state index contributed by atoms with van der Waals surface area (Å²) in [7, 11) is 0. The van der Waals surface area contributed by atoms with Crippen LogP contribution in [0.15, 0.2) is 39.6 Å². The molecule has 1 aromatic carbocycles. The van der Waals surface area contributed by atoms with Crippen molar-refractivity contribution in [3.63, 3.8) is 0 Å². The zero-order chi connectivity index (χ0) is 18.1. The van der Waals surface area contributed by atoms with E-state index < -0.39 is 0 Å². The summed E-state index contributed by atoms with van der Waals surface area (Å²) < 4.78 is 11.5. The maximum absolute atomic E-state index is 12.0. The topological polar surface area (TPSA) is 59.8 Å². The Balaban J connectivity index is 1.76. The normalized spacial score (nSPS) is 15.4. The van der Waals surface area contributed by atoms with Crippen LogP contribution in [-0.2, 0) is 4.79 Å². The van der Waals surface area contributed by atoms with Crippen LogP contribution >= 0.6 is 0 Å². The molecule has 1 saturated heterocycles. The summed E-state index contributed by atoms with van der Waals surface area (Å²) in [4.78, 5) is 25.4. The molecular formula is C20H23NO4. The number of hydrogen-bond acceptors (Lipinski definition) is 4. The second-order valence-electron chi connectivity index (χ2n) is 6.70. The summed E-state index contributed by atoms with van der Waals surface area (Å²) in [6, 6.07) is 5.35. The Morgan fingerprint density at radius 2 is 1.96 bits per heavy atom. The van der Waals surface area contributed by atoms with Gasteiger partial charge in [-0.2, -0.15) is 0 Å². The van der Waals surface area contributed by atoms with Gasteiger partial charge >= 0.3 is 5.63 Å².